The normalized spacial score (nSPS) is 11.9. The van der Waals surface area contributed by atoms with Crippen molar-refractivity contribution >= 4 is 28.3 Å². The van der Waals surface area contributed by atoms with Crippen LogP contribution >= 0.6 is 0 Å². The first-order chi connectivity index (χ1) is 9.04. The highest BCUT2D eigenvalue weighted by Crippen LogP contribution is 2.21. The van der Waals surface area contributed by atoms with Gasteiger partial charge in [0, 0.05) is 35.9 Å². The molecule has 0 aliphatic heterocycles. The Labute approximate surface area is 113 Å². The van der Waals surface area contributed by atoms with Crippen LogP contribution in [0.3, 0.4) is 0 Å². The van der Waals surface area contributed by atoms with E-state index >= 15 is 0 Å². The van der Waals surface area contributed by atoms with E-state index in [4.69, 9.17) is 0 Å². The predicted molar refractivity (Wildman–Crippen MR) is 74.9 cm³/mol. The van der Waals surface area contributed by atoms with Crippen molar-refractivity contribution in [2.24, 2.45) is 0 Å². The summed E-state index contributed by atoms with van der Waals surface area (Å²) >= 11 is 0. The SMILES string of the molecule is CCCNc1ncc([N+](=O)[O-])c(NCCS(C)=O)n1. The maximum atomic E-state index is 11.0. The molecule has 0 spiro atoms. The number of hydrogen-bond acceptors (Lipinski definition) is 7. The molecule has 2 N–H and O–H groups in total. The van der Waals surface area contributed by atoms with Crippen molar-refractivity contribution in [3.05, 3.63) is 16.3 Å². The van der Waals surface area contributed by atoms with Crippen LogP contribution in [-0.2, 0) is 10.8 Å². The second-order valence-corrected chi connectivity index (χ2v) is 5.37. The van der Waals surface area contributed by atoms with Gasteiger partial charge >= 0.3 is 5.69 Å². The molecule has 1 atom stereocenters. The maximum Gasteiger partial charge on any atom is 0.329 e. The van der Waals surface area contributed by atoms with Gasteiger partial charge in [0.25, 0.3) is 0 Å². The summed E-state index contributed by atoms with van der Waals surface area (Å²) in [4.78, 5) is 18.2. The van der Waals surface area contributed by atoms with E-state index in [1.165, 1.54) is 0 Å². The van der Waals surface area contributed by atoms with E-state index in [0.29, 0.717) is 24.8 Å². The molecule has 0 radical (unpaired) electrons. The van der Waals surface area contributed by atoms with Crippen molar-refractivity contribution < 1.29 is 9.13 Å². The third kappa shape index (κ3) is 5.16. The quantitative estimate of drug-likeness (QED) is 0.542. The Balaban J connectivity index is 2.82. The Hall–Kier alpha value is -1.77. The fourth-order valence-corrected chi connectivity index (χ4v) is 1.66. The molecule has 1 rings (SSSR count). The van der Waals surface area contributed by atoms with E-state index in [9.17, 15) is 14.3 Å². The first-order valence-corrected chi connectivity index (χ1v) is 7.56. The van der Waals surface area contributed by atoms with E-state index < -0.39 is 15.7 Å². The third-order valence-corrected chi connectivity index (χ3v) is 2.96. The molecule has 106 valence electrons. The zero-order chi connectivity index (χ0) is 14.3. The Morgan fingerprint density at radius 1 is 1.42 bits per heavy atom. The molecule has 0 amide bonds. The Morgan fingerprint density at radius 2 is 2.16 bits per heavy atom. The summed E-state index contributed by atoms with van der Waals surface area (Å²) in [7, 11) is -0.958. The van der Waals surface area contributed by atoms with Crippen LogP contribution in [0.5, 0.6) is 0 Å². The van der Waals surface area contributed by atoms with Crippen molar-refractivity contribution in [2.75, 3.05) is 35.7 Å². The lowest BCUT2D eigenvalue weighted by Crippen LogP contribution is -2.14. The zero-order valence-corrected chi connectivity index (χ0v) is 11.7. The number of hydrogen-bond donors (Lipinski definition) is 2. The van der Waals surface area contributed by atoms with E-state index in [1.54, 1.807) is 6.26 Å². The van der Waals surface area contributed by atoms with Crippen LogP contribution in [0.1, 0.15) is 13.3 Å². The number of aromatic nitrogens is 2. The van der Waals surface area contributed by atoms with Gasteiger partial charge in [0.2, 0.25) is 11.8 Å². The number of nitrogens with one attached hydrogen (secondary N) is 2. The maximum absolute atomic E-state index is 11.0. The lowest BCUT2D eigenvalue weighted by molar-refractivity contribution is -0.384. The Bertz CT molecular complexity index is 468. The topological polar surface area (TPSA) is 110 Å². The van der Waals surface area contributed by atoms with E-state index in [0.717, 1.165) is 12.6 Å². The van der Waals surface area contributed by atoms with Gasteiger partial charge in [0.15, 0.2) is 0 Å². The molecule has 1 aromatic rings. The van der Waals surface area contributed by atoms with Gasteiger partial charge < -0.3 is 10.6 Å². The molecular weight excluding hydrogens is 270 g/mol. The molecule has 1 unspecified atom stereocenters. The van der Waals surface area contributed by atoms with Gasteiger partial charge in [-0.05, 0) is 6.42 Å². The van der Waals surface area contributed by atoms with Crippen molar-refractivity contribution in [1.29, 1.82) is 0 Å². The minimum atomic E-state index is -0.958. The largest absolute Gasteiger partial charge is 0.363 e. The van der Waals surface area contributed by atoms with Crippen LogP contribution in [0.2, 0.25) is 0 Å². The molecule has 1 aromatic heterocycles. The van der Waals surface area contributed by atoms with Gasteiger partial charge in [0.1, 0.15) is 6.20 Å². The van der Waals surface area contributed by atoms with Crippen LogP contribution < -0.4 is 10.6 Å². The molecule has 19 heavy (non-hydrogen) atoms. The van der Waals surface area contributed by atoms with E-state index in [2.05, 4.69) is 20.6 Å². The fourth-order valence-electron chi connectivity index (χ4n) is 1.27. The molecule has 0 aromatic carbocycles. The molecule has 0 aliphatic rings. The van der Waals surface area contributed by atoms with Crippen LogP contribution in [0.15, 0.2) is 6.20 Å². The van der Waals surface area contributed by atoms with Crippen molar-refractivity contribution in [1.82, 2.24) is 9.97 Å². The van der Waals surface area contributed by atoms with E-state index in [-0.39, 0.29) is 11.5 Å². The minimum absolute atomic E-state index is 0.143. The summed E-state index contributed by atoms with van der Waals surface area (Å²) < 4.78 is 11.0. The van der Waals surface area contributed by atoms with Gasteiger partial charge in [0.05, 0.1) is 4.92 Å². The first kappa shape index (κ1) is 15.3. The van der Waals surface area contributed by atoms with Crippen molar-refractivity contribution in [3.63, 3.8) is 0 Å². The average molecular weight is 287 g/mol. The first-order valence-electron chi connectivity index (χ1n) is 5.83. The summed E-state index contributed by atoms with van der Waals surface area (Å²) in [5.41, 5.74) is -0.191. The molecule has 1 heterocycles. The highest BCUT2D eigenvalue weighted by atomic mass is 32.2. The number of rotatable bonds is 8. The minimum Gasteiger partial charge on any atom is -0.363 e. The second-order valence-electron chi connectivity index (χ2n) is 3.82. The standard InChI is InChI=1S/C10H17N5O3S/c1-3-4-12-10-13-7-8(15(16)17)9(14-10)11-5-6-19(2)18/h7H,3-6H2,1-2H3,(H2,11,12,13,14). The van der Waals surface area contributed by atoms with Crippen LogP contribution in [0.25, 0.3) is 0 Å². The zero-order valence-electron chi connectivity index (χ0n) is 10.9. The van der Waals surface area contributed by atoms with Crippen LogP contribution in [0.4, 0.5) is 17.5 Å². The number of nitro groups is 1. The molecule has 0 bridgehead atoms. The lowest BCUT2D eigenvalue weighted by atomic mass is 10.4. The molecular formula is C10H17N5O3S. The molecule has 0 saturated heterocycles. The molecule has 8 nitrogen and oxygen atoms in total. The second kappa shape index (κ2) is 7.62. The third-order valence-electron chi connectivity index (χ3n) is 2.18. The average Bonchev–Trinajstić information content (AvgIpc) is 2.35. The molecule has 0 aliphatic carbocycles. The molecule has 0 saturated carbocycles. The summed E-state index contributed by atoms with van der Waals surface area (Å²) in [6.45, 7) is 3.04. The van der Waals surface area contributed by atoms with Crippen LogP contribution in [-0.4, -0.2) is 44.2 Å². The summed E-state index contributed by atoms with van der Waals surface area (Å²) in [5, 5.41) is 16.6. The van der Waals surface area contributed by atoms with Gasteiger partial charge in [-0.15, -0.1) is 0 Å². The smallest absolute Gasteiger partial charge is 0.329 e. The van der Waals surface area contributed by atoms with Crippen molar-refractivity contribution in [3.8, 4) is 0 Å². The lowest BCUT2D eigenvalue weighted by Gasteiger charge is -2.07. The highest BCUT2D eigenvalue weighted by Gasteiger charge is 2.16. The van der Waals surface area contributed by atoms with E-state index in [1.807, 2.05) is 6.92 Å². The molecule has 9 heteroatoms. The van der Waals surface area contributed by atoms with Crippen LogP contribution in [0, 0.1) is 10.1 Å². The molecule has 0 fully saturated rings. The monoisotopic (exact) mass is 287 g/mol. The van der Waals surface area contributed by atoms with Gasteiger partial charge in [-0.2, -0.15) is 4.98 Å². The summed E-state index contributed by atoms with van der Waals surface area (Å²) in [6.07, 6.45) is 3.64. The van der Waals surface area contributed by atoms with Crippen molar-refractivity contribution in [2.45, 2.75) is 13.3 Å². The Morgan fingerprint density at radius 3 is 2.74 bits per heavy atom. The fraction of sp³-hybridized carbons (Fsp3) is 0.600. The van der Waals surface area contributed by atoms with Gasteiger partial charge in [-0.3, -0.25) is 14.3 Å². The summed E-state index contributed by atoms with van der Waals surface area (Å²) in [6, 6.07) is 0. The predicted octanol–water partition coefficient (Wildman–Crippen LogP) is 0.997. The summed E-state index contributed by atoms with van der Waals surface area (Å²) in [5.74, 6) is 0.885. The van der Waals surface area contributed by atoms with Gasteiger partial charge in [-0.25, -0.2) is 4.98 Å². The number of nitrogens with zero attached hydrogens (tertiary/aromatic N) is 3. The van der Waals surface area contributed by atoms with Gasteiger partial charge in [-0.1, -0.05) is 6.92 Å². The highest BCUT2D eigenvalue weighted by molar-refractivity contribution is 7.84. The number of anilines is 2. The Kier molecular flexibility index (Phi) is 6.13.